The van der Waals surface area contributed by atoms with Gasteiger partial charge in [0.2, 0.25) is 0 Å². The number of carbonyl (C=O) groups is 3. The molecule has 0 heterocycles. The molecule has 2 rings (SSSR count). The van der Waals surface area contributed by atoms with E-state index >= 15 is 0 Å². The summed E-state index contributed by atoms with van der Waals surface area (Å²) in [5.41, 5.74) is 0.585. The van der Waals surface area contributed by atoms with Crippen LogP contribution < -0.4 is 9.47 Å². The maximum atomic E-state index is 12.8. The summed E-state index contributed by atoms with van der Waals surface area (Å²) in [7, 11) is 2.83. The van der Waals surface area contributed by atoms with Gasteiger partial charge in [-0.05, 0) is 24.6 Å². The van der Waals surface area contributed by atoms with Crippen molar-refractivity contribution in [2.45, 2.75) is 64.7 Å². The van der Waals surface area contributed by atoms with Crippen molar-refractivity contribution in [2.24, 2.45) is 0 Å². The number of allylic oxidation sites excluding steroid dienone is 2. The Hall–Kier alpha value is -2.43. The predicted molar refractivity (Wildman–Crippen MR) is 109 cm³/mol. The van der Waals surface area contributed by atoms with Crippen LogP contribution in [-0.2, 0) is 0 Å². The summed E-state index contributed by atoms with van der Waals surface area (Å²) < 4.78 is 10.7. The van der Waals surface area contributed by atoms with Crippen molar-refractivity contribution in [3.05, 3.63) is 34.9 Å². The molecule has 1 aromatic carbocycles. The summed E-state index contributed by atoms with van der Waals surface area (Å²) in [4.78, 5) is 37.4. The van der Waals surface area contributed by atoms with E-state index in [4.69, 9.17) is 9.47 Å². The van der Waals surface area contributed by atoms with E-state index in [1.807, 2.05) is 0 Å². The molecule has 0 N–H and O–H groups in total. The monoisotopic (exact) mass is 386 g/mol. The molecule has 5 heteroatoms. The van der Waals surface area contributed by atoms with Gasteiger partial charge in [0.15, 0.2) is 17.3 Å². The van der Waals surface area contributed by atoms with Crippen molar-refractivity contribution < 1.29 is 23.9 Å². The molecule has 0 spiro atoms. The van der Waals surface area contributed by atoms with Crippen molar-refractivity contribution >= 4 is 17.3 Å². The number of methoxy groups -OCH3 is 2. The minimum absolute atomic E-state index is 0.0984. The second-order valence-corrected chi connectivity index (χ2v) is 7.12. The minimum Gasteiger partial charge on any atom is -0.496 e. The lowest BCUT2D eigenvalue weighted by molar-refractivity contribution is 0.0969. The van der Waals surface area contributed by atoms with Crippen LogP contribution in [0, 0.1) is 0 Å². The van der Waals surface area contributed by atoms with Crippen LogP contribution in [0.25, 0.3) is 0 Å². The van der Waals surface area contributed by atoms with Gasteiger partial charge in [0.05, 0.1) is 30.9 Å². The van der Waals surface area contributed by atoms with Crippen LogP contribution in [0.5, 0.6) is 11.5 Å². The van der Waals surface area contributed by atoms with Crippen LogP contribution in [0.4, 0.5) is 0 Å². The fourth-order valence-corrected chi connectivity index (χ4v) is 3.57. The van der Waals surface area contributed by atoms with Crippen molar-refractivity contribution in [1.82, 2.24) is 0 Å². The number of Topliss-reactive ketones (excluding diaryl/α,β-unsaturated/α-hetero) is 1. The molecule has 1 aliphatic carbocycles. The van der Waals surface area contributed by atoms with Gasteiger partial charge in [-0.15, -0.1) is 0 Å². The lowest BCUT2D eigenvalue weighted by Crippen LogP contribution is -2.17. The standard InChI is InChI=1S/C23H30O5/c1-4-5-6-7-8-9-10-11-12-17(24)16-15-20(27-2)21-18(25)13-14-19(26)22(21)23(16)28-3/h13-15H,4-12H2,1-3H3. The summed E-state index contributed by atoms with van der Waals surface area (Å²) in [6.07, 6.45) is 12.0. The van der Waals surface area contributed by atoms with Gasteiger partial charge in [0, 0.05) is 6.42 Å². The molecule has 0 radical (unpaired) electrons. The van der Waals surface area contributed by atoms with E-state index in [2.05, 4.69) is 6.92 Å². The number of ketones is 3. The Morgan fingerprint density at radius 1 is 0.821 bits per heavy atom. The van der Waals surface area contributed by atoms with E-state index in [0.717, 1.165) is 19.3 Å². The summed E-state index contributed by atoms with van der Waals surface area (Å²) in [6, 6.07) is 1.52. The molecular formula is C23H30O5. The van der Waals surface area contributed by atoms with Gasteiger partial charge >= 0.3 is 0 Å². The molecule has 0 unspecified atom stereocenters. The van der Waals surface area contributed by atoms with Gasteiger partial charge in [-0.1, -0.05) is 51.9 Å². The highest BCUT2D eigenvalue weighted by atomic mass is 16.5. The Kier molecular flexibility index (Phi) is 8.42. The average Bonchev–Trinajstić information content (AvgIpc) is 2.71. The lowest BCUT2D eigenvalue weighted by Gasteiger charge is -2.19. The normalized spacial score (nSPS) is 12.8. The van der Waals surface area contributed by atoms with Gasteiger partial charge in [-0.25, -0.2) is 0 Å². The SMILES string of the molecule is CCCCCCCCCCC(=O)c1cc(OC)c2c(c1OC)C(=O)C=CC2=O. The first-order valence-electron chi connectivity index (χ1n) is 10.1. The van der Waals surface area contributed by atoms with Crippen LogP contribution >= 0.6 is 0 Å². The quantitative estimate of drug-likeness (QED) is 0.358. The molecule has 0 saturated heterocycles. The number of hydrogen-bond donors (Lipinski definition) is 0. The van der Waals surface area contributed by atoms with Gasteiger partial charge in [0.1, 0.15) is 11.5 Å². The number of unbranched alkanes of at least 4 members (excludes halogenated alkanes) is 7. The number of benzene rings is 1. The predicted octanol–water partition coefficient (Wildman–Crippen LogP) is 5.35. The van der Waals surface area contributed by atoms with Crippen LogP contribution in [0.2, 0.25) is 0 Å². The molecule has 0 fully saturated rings. The van der Waals surface area contributed by atoms with Crippen LogP contribution in [-0.4, -0.2) is 31.6 Å². The summed E-state index contributed by atoms with van der Waals surface area (Å²) >= 11 is 0. The number of ether oxygens (including phenoxy) is 2. The average molecular weight is 386 g/mol. The van der Waals surface area contributed by atoms with Gasteiger partial charge in [-0.2, -0.15) is 0 Å². The molecule has 0 aromatic heterocycles. The van der Waals surface area contributed by atoms with Gasteiger partial charge in [-0.3, -0.25) is 14.4 Å². The smallest absolute Gasteiger partial charge is 0.190 e. The third-order valence-electron chi connectivity index (χ3n) is 5.10. The first-order valence-corrected chi connectivity index (χ1v) is 10.1. The number of rotatable bonds is 12. The maximum Gasteiger partial charge on any atom is 0.190 e. The zero-order chi connectivity index (χ0) is 20.5. The molecular weight excluding hydrogens is 356 g/mol. The Balaban J connectivity index is 2.09. The summed E-state index contributed by atoms with van der Waals surface area (Å²) in [6.45, 7) is 2.20. The minimum atomic E-state index is -0.355. The van der Waals surface area contributed by atoms with Crippen molar-refractivity contribution in [2.75, 3.05) is 14.2 Å². The molecule has 0 atom stereocenters. The van der Waals surface area contributed by atoms with Crippen molar-refractivity contribution in [3.63, 3.8) is 0 Å². The second-order valence-electron chi connectivity index (χ2n) is 7.12. The van der Waals surface area contributed by atoms with E-state index in [0.29, 0.717) is 12.0 Å². The molecule has 0 saturated carbocycles. The Morgan fingerprint density at radius 2 is 1.39 bits per heavy atom. The van der Waals surface area contributed by atoms with E-state index in [-0.39, 0.29) is 40.0 Å². The molecule has 0 amide bonds. The fraction of sp³-hybridized carbons (Fsp3) is 0.522. The van der Waals surface area contributed by atoms with Crippen LogP contribution in [0.15, 0.2) is 18.2 Å². The molecule has 152 valence electrons. The van der Waals surface area contributed by atoms with Gasteiger partial charge < -0.3 is 9.47 Å². The maximum absolute atomic E-state index is 12.8. The van der Waals surface area contributed by atoms with E-state index in [9.17, 15) is 14.4 Å². The topological polar surface area (TPSA) is 69.7 Å². The molecule has 1 aromatic rings. The number of fused-ring (bicyclic) bond motifs is 1. The molecule has 28 heavy (non-hydrogen) atoms. The first kappa shape index (κ1) is 21.9. The van der Waals surface area contributed by atoms with E-state index in [1.165, 1.54) is 64.5 Å². The Labute approximate surface area is 167 Å². The zero-order valence-electron chi connectivity index (χ0n) is 17.1. The van der Waals surface area contributed by atoms with Crippen LogP contribution in [0.1, 0.15) is 95.8 Å². The molecule has 1 aliphatic rings. The highest BCUT2D eigenvalue weighted by Gasteiger charge is 2.31. The second kappa shape index (κ2) is 10.8. The third-order valence-corrected chi connectivity index (χ3v) is 5.10. The number of hydrogen-bond acceptors (Lipinski definition) is 5. The highest BCUT2D eigenvalue weighted by Crippen LogP contribution is 2.38. The summed E-state index contributed by atoms with van der Waals surface area (Å²) in [5, 5.41) is 0. The molecule has 5 nitrogen and oxygen atoms in total. The largest absolute Gasteiger partial charge is 0.496 e. The first-order chi connectivity index (χ1) is 13.5. The molecule has 0 aliphatic heterocycles. The lowest BCUT2D eigenvalue weighted by atomic mass is 9.89. The third kappa shape index (κ3) is 5.09. The van der Waals surface area contributed by atoms with E-state index in [1.54, 1.807) is 0 Å². The van der Waals surface area contributed by atoms with Crippen LogP contribution in [0.3, 0.4) is 0 Å². The highest BCUT2D eigenvalue weighted by molar-refractivity contribution is 6.25. The Morgan fingerprint density at radius 3 is 1.96 bits per heavy atom. The van der Waals surface area contributed by atoms with E-state index < -0.39 is 0 Å². The number of carbonyl (C=O) groups excluding carboxylic acids is 3. The zero-order valence-corrected chi connectivity index (χ0v) is 17.1. The molecule has 0 bridgehead atoms. The van der Waals surface area contributed by atoms with Crippen molar-refractivity contribution in [1.29, 1.82) is 0 Å². The van der Waals surface area contributed by atoms with Crippen molar-refractivity contribution in [3.8, 4) is 11.5 Å². The fourth-order valence-electron chi connectivity index (χ4n) is 3.57. The van der Waals surface area contributed by atoms with Gasteiger partial charge in [0.25, 0.3) is 0 Å². The Bertz CT molecular complexity index is 761. The summed E-state index contributed by atoms with van der Waals surface area (Å²) in [5.74, 6) is -0.377.